The van der Waals surface area contributed by atoms with E-state index in [4.69, 9.17) is 5.73 Å². The zero-order chi connectivity index (χ0) is 14.5. The van der Waals surface area contributed by atoms with Crippen molar-refractivity contribution in [1.82, 2.24) is 0 Å². The van der Waals surface area contributed by atoms with Crippen molar-refractivity contribution in [3.8, 4) is 0 Å². The Balaban J connectivity index is 2.64. The van der Waals surface area contributed by atoms with Gasteiger partial charge in [0.15, 0.2) is 0 Å². The number of para-hydroxylation sites is 1. The van der Waals surface area contributed by atoms with Crippen LogP contribution in [0.5, 0.6) is 0 Å². The van der Waals surface area contributed by atoms with Crippen LogP contribution >= 0.6 is 11.8 Å². The van der Waals surface area contributed by atoms with Crippen LogP contribution in [0, 0.1) is 0 Å². The lowest BCUT2D eigenvalue weighted by molar-refractivity contribution is -0.117. The summed E-state index contributed by atoms with van der Waals surface area (Å²) in [5, 5.41) is 2.72. The molecule has 5 nitrogen and oxygen atoms in total. The van der Waals surface area contributed by atoms with Crippen LogP contribution in [0.15, 0.2) is 29.2 Å². The van der Waals surface area contributed by atoms with Crippen LogP contribution in [-0.2, 0) is 14.6 Å². The van der Waals surface area contributed by atoms with Gasteiger partial charge < -0.3 is 11.1 Å². The Morgan fingerprint density at radius 2 is 2.05 bits per heavy atom. The van der Waals surface area contributed by atoms with Crippen LogP contribution < -0.4 is 11.1 Å². The molecule has 1 unspecified atom stereocenters. The zero-order valence-corrected chi connectivity index (χ0v) is 12.6. The van der Waals surface area contributed by atoms with E-state index in [0.717, 1.165) is 11.2 Å². The fourth-order valence-electron chi connectivity index (χ4n) is 1.45. The van der Waals surface area contributed by atoms with E-state index in [0.29, 0.717) is 5.69 Å². The van der Waals surface area contributed by atoms with Gasteiger partial charge in [-0.1, -0.05) is 12.1 Å². The molecule has 0 aliphatic rings. The number of anilines is 1. The maximum Gasteiger partial charge on any atom is 0.241 e. The summed E-state index contributed by atoms with van der Waals surface area (Å²) in [4.78, 5) is 12.8. The molecule has 0 heterocycles. The number of carbonyl (C=O) groups is 1. The van der Waals surface area contributed by atoms with Crippen molar-refractivity contribution in [2.45, 2.75) is 17.4 Å². The van der Waals surface area contributed by atoms with Gasteiger partial charge in [-0.2, -0.15) is 0 Å². The maximum atomic E-state index is 11.9. The molecular formula is C12H18N2O3S2. The molecule has 0 radical (unpaired) electrons. The largest absolute Gasteiger partial charge is 0.324 e. The summed E-state index contributed by atoms with van der Waals surface area (Å²) >= 11 is 1.52. The lowest BCUT2D eigenvalue weighted by Crippen LogP contribution is -2.37. The molecule has 7 heteroatoms. The number of hydrogen-bond donors (Lipinski definition) is 2. The molecule has 3 N–H and O–H groups in total. The average molecular weight is 302 g/mol. The van der Waals surface area contributed by atoms with Gasteiger partial charge in [0.2, 0.25) is 5.91 Å². The Morgan fingerprint density at radius 1 is 1.42 bits per heavy atom. The van der Waals surface area contributed by atoms with Gasteiger partial charge in [-0.25, -0.2) is 8.42 Å². The van der Waals surface area contributed by atoms with Crippen LogP contribution in [0.1, 0.15) is 6.42 Å². The average Bonchev–Trinajstić information content (AvgIpc) is 2.35. The first kappa shape index (κ1) is 16.0. The molecule has 1 amide bonds. The quantitative estimate of drug-likeness (QED) is 0.768. The molecule has 0 aliphatic heterocycles. The van der Waals surface area contributed by atoms with Gasteiger partial charge in [-0.15, -0.1) is 11.8 Å². The summed E-state index contributed by atoms with van der Waals surface area (Å²) in [5.41, 5.74) is 6.37. The Kier molecular flexibility index (Phi) is 5.84. The number of amides is 1. The third-order valence-electron chi connectivity index (χ3n) is 2.50. The second kappa shape index (κ2) is 6.93. The maximum absolute atomic E-state index is 11.9. The molecule has 0 spiro atoms. The third kappa shape index (κ3) is 5.63. The van der Waals surface area contributed by atoms with Crippen LogP contribution in [-0.4, -0.2) is 38.6 Å². The van der Waals surface area contributed by atoms with Gasteiger partial charge in [-0.05, 0) is 24.8 Å². The monoisotopic (exact) mass is 302 g/mol. The fourth-order valence-corrected chi connectivity index (χ4v) is 2.68. The van der Waals surface area contributed by atoms with E-state index >= 15 is 0 Å². The smallest absolute Gasteiger partial charge is 0.241 e. The summed E-state index contributed by atoms with van der Waals surface area (Å²) in [6.45, 7) is 0. The van der Waals surface area contributed by atoms with Crippen molar-refractivity contribution < 1.29 is 13.2 Å². The first-order chi connectivity index (χ1) is 8.83. The van der Waals surface area contributed by atoms with Crippen molar-refractivity contribution in [2.75, 3.05) is 23.6 Å². The van der Waals surface area contributed by atoms with Gasteiger partial charge in [0, 0.05) is 11.2 Å². The number of nitrogens with one attached hydrogen (secondary N) is 1. The minimum Gasteiger partial charge on any atom is -0.324 e. The summed E-state index contributed by atoms with van der Waals surface area (Å²) in [6.07, 6.45) is 3.15. The highest BCUT2D eigenvalue weighted by atomic mass is 32.2. The topological polar surface area (TPSA) is 89.3 Å². The Hall–Kier alpha value is -1.05. The summed E-state index contributed by atoms with van der Waals surface area (Å²) in [7, 11) is -3.10. The molecule has 0 saturated heterocycles. The summed E-state index contributed by atoms with van der Waals surface area (Å²) in [5.74, 6) is -0.462. The number of carbonyl (C=O) groups excluding carboxylic acids is 1. The van der Waals surface area contributed by atoms with Crippen molar-refractivity contribution in [1.29, 1.82) is 0 Å². The predicted octanol–water partition coefficient (Wildman–Crippen LogP) is 1.11. The number of sulfone groups is 1. The fraction of sp³-hybridized carbons (Fsp3) is 0.417. The van der Waals surface area contributed by atoms with E-state index < -0.39 is 15.9 Å². The normalized spacial score (nSPS) is 13.0. The van der Waals surface area contributed by atoms with Crippen LogP contribution in [0.3, 0.4) is 0 Å². The molecule has 1 aromatic carbocycles. The zero-order valence-electron chi connectivity index (χ0n) is 10.9. The number of rotatable bonds is 6. The number of benzene rings is 1. The molecule has 0 aliphatic carbocycles. The Bertz CT molecular complexity index is 544. The van der Waals surface area contributed by atoms with E-state index in [1.165, 1.54) is 11.8 Å². The SMILES string of the molecule is CSc1ccccc1NC(=O)C(N)CCS(C)(=O)=O. The molecule has 1 atom stereocenters. The molecule has 0 bridgehead atoms. The van der Waals surface area contributed by atoms with E-state index in [-0.39, 0.29) is 18.1 Å². The van der Waals surface area contributed by atoms with Gasteiger partial charge in [-0.3, -0.25) is 4.79 Å². The van der Waals surface area contributed by atoms with E-state index in [1.807, 2.05) is 24.5 Å². The molecule has 19 heavy (non-hydrogen) atoms. The lowest BCUT2D eigenvalue weighted by atomic mass is 10.2. The molecule has 0 saturated carbocycles. The second-order valence-electron chi connectivity index (χ2n) is 4.21. The molecule has 0 aromatic heterocycles. The predicted molar refractivity (Wildman–Crippen MR) is 79.2 cm³/mol. The standard InChI is InChI=1S/C12H18N2O3S2/c1-18-11-6-4-3-5-10(11)14-12(15)9(13)7-8-19(2,16)17/h3-6,9H,7-8,13H2,1-2H3,(H,14,15). The van der Waals surface area contributed by atoms with E-state index in [2.05, 4.69) is 5.32 Å². The minimum absolute atomic E-state index is 0.0915. The lowest BCUT2D eigenvalue weighted by Gasteiger charge is -2.13. The van der Waals surface area contributed by atoms with E-state index in [9.17, 15) is 13.2 Å². The van der Waals surface area contributed by atoms with Crippen LogP contribution in [0.2, 0.25) is 0 Å². The first-order valence-electron chi connectivity index (χ1n) is 5.70. The Morgan fingerprint density at radius 3 is 2.63 bits per heavy atom. The highest BCUT2D eigenvalue weighted by Gasteiger charge is 2.16. The second-order valence-corrected chi connectivity index (χ2v) is 7.32. The summed E-state index contributed by atoms with van der Waals surface area (Å²) < 4.78 is 22.1. The van der Waals surface area contributed by atoms with Crippen LogP contribution in [0.4, 0.5) is 5.69 Å². The molecule has 106 valence electrons. The summed E-state index contributed by atoms with van der Waals surface area (Å²) in [6, 6.07) is 6.54. The number of nitrogens with two attached hydrogens (primary N) is 1. The van der Waals surface area contributed by atoms with Gasteiger partial charge in [0.25, 0.3) is 0 Å². The van der Waals surface area contributed by atoms with Crippen molar-refractivity contribution >= 4 is 33.2 Å². The van der Waals surface area contributed by atoms with E-state index in [1.54, 1.807) is 6.07 Å². The Labute approximate surface area is 117 Å². The molecule has 0 fully saturated rings. The molecule has 1 aromatic rings. The van der Waals surface area contributed by atoms with Gasteiger partial charge >= 0.3 is 0 Å². The third-order valence-corrected chi connectivity index (χ3v) is 4.27. The number of hydrogen-bond acceptors (Lipinski definition) is 5. The van der Waals surface area contributed by atoms with Crippen molar-refractivity contribution in [3.63, 3.8) is 0 Å². The highest BCUT2D eigenvalue weighted by Crippen LogP contribution is 2.24. The minimum atomic E-state index is -3.10. The molecular weight excluding hydrogens is 284 g/mol. The van der Waals surface area contributed by atoms with Crippen molar-refractivity contribution in [3.05, 3.63) is 24.3 Å². The van der Waals surface area contributed by atoms with Gasteiger partial charge in [0.1, 0.15) is 9.84 Å². The first-order valence-corrected chi connectivity index (χ1v) is 8.99. The van der Waals surface area contributed by atoms with Crippen LogP contribution in [0.25, 0.3) is 0 Å². The van der Waals surface area contributed by atoms with Gasteiger partial charge in [0.05, 0.1) is 17.5 Å². The highest BCUT2D eigenvalue weighted by molar-refractivity contribution is 7.98. The number of thioether (sulfide) groups is 1. The molecule has 1 rings (SSSR count). The van der Waals surface area contributed by atoms with Crippen molar-refractivity contribution in [2.24, 2.45) is 5.73 Å².